The Morgan fingerprint density at radius 2 is 1.23 bits per heavy atom. The number of hydrogen-bond acceptors (Lipinski definition) is 10. The summed E-state index contributed by atoms with van der Waals surface area (Å²) in [4.78, 5) is 40.9. The molecule has 0 saturated heterocycles. The smallest absolute Gasteiger partial charge is 0.258 e. The second-order valence-corrected chi connectivity index (χ2v) is 5.72. The SMILES string of the molecule is N#CC(C#N)=c1cccc2c1=c1c([N+](=O)[O-])c([N+](=O)[O-])c([N+](=O)[O-])c([N+](=O)[O-])c1=C2. The van der Waals surface area contributed by atoms with E-state index in [1.807, 2.05) is 0 Å². The molecule has 0 unspecified atom stereocenters. The highest BCUT2D eigenvalue weighted by molar-refractivity contribution is 5.81. The summed E-state index contributed by atoms with van der Waals surface area (Å²) in [5.41, 5.74) is -6.39. The molecule has 2 aromatic rings. The van der Waals surface area contributed by atoms with E-state index in [0.717, 1.165) is 6.08 Å². The molecule has 0 saturated carbocycles. The van der Waals surface area contributed by atoms with Gasteiger partial charge in [-0.25, -0.2) is 0 Å². The molecule has 0 N–H and O–H groups in total. The quantitative estimate of drug-likeness (QED) is 0.439. The summed E-state index contributed by atoms with van der Waals surface area (Å²) in [6, 6.07) is 7.07. The Hall–Kier alpha value is -5.24. The van der Waals surface area contributed by atoms with E-state index in [4.69, 9.17) is 0 Å². The van der Waals surface area contributed by atoms with Crippen molar-refractivity contribution in [2.45, 2.75) is 0 Å². The molecule has 3 rings (SSSR count). The third kappa shape index (κ3) is 2.57. The van der Waals surface area contributed by atoms with Crippen molar-refractivity contribution in [2.24, 2.45) is 0 Å². The molecule has 0 aliphatic heterocycles. The fourth-order valence-electron chi connectivity index (χ4n) is 3.30. The van der Waals surface area contributed by atoms with E-state index in [1.165, 1.54) is 18.2 Å². The molecule has 0 heterocycles. The number of benzene rings is 2. The Labute approximate surface area is 162 Å². The molecule has 30 heavy (non-hydrogen) atoms. The highest BCUT2D eigenvalue weighted by Crippen LogP contribution is 2.42. The number of rotatable bonds is 4. The maximum Gasteiger partial charge on any atom is 0.430 e. The molecule has 1 aliphatic carbocycles. The third-order valence-corrected chi connectivity index (χ3v) is 4.30. The van der Waals surface area contributed by atoms with Gasteiger partial charge in [-0.15, -0.1) is 0 Å². The van der Waals surface area contributed by atoms with Gasteiger partial charge in [-0.3, -0.25) is 40.5 Å². The fraction of sp³-hybridized carbons (Fsp3) is 0. The van der Waals surface area contributed by atoms with Gasteiger partial charge in [0.25, 0.3) is 0 Å². The zero-order chi connectivity index (χ0) is 22.3. The van der Waals surface area contributed by atoms with Crippen molar-refractivity contribution in [3.63, 3.8) is 0 Å². The molecule has 0 amide bonds. The molecular weight excluding hydrogens is 404 g/mol. The first-order chi connectivity index (χ1) is 14.1. The van der Waals surface area contributed by atoms with Gasteiger partial charge in [-0.2, -0.15) is 10.5 Å². The van der Waals surface area contributed by atoms with E-state index in [2.05, 4.69) is 0 Å². The minimum Gasteiger partial charge on any atom is -0.258 e. The number of nitrogens with zero attached hydrogens (tertiary/aromatic N) is 6. The number of fused-ring (bicyclic) bond motifs is 2. The van der Waals surface area contributed by atoms with Crippen LogP contribution in [0.5, 0.6) is 0 Å². The molecule has 0 aromatic heterocycles. The molecule has 0 radical (unpaired) electrons. The number of nitriles is 2. The molecule has 0 bridgehead atoms. The van der Waals surface area contributed by atoms with Crippen LogP contribution in [0.3, 0.4) is 0 Å². The van der Waals surface area contributed by atoms with Gasteiger partial charge in [-0.1, -0.05) is 18.2 Å². The zero-order valence-corrected chi connectivity index (χ0v) is 14.3. The lowest BCUT2D eigenvalue weighted by atomic mass is 10.1. The number of nitro groups is 4. The predicted octanol–water partition coefficient (Wildman–Crippen LogP) is 0.946. The summed E-state index contributed by atoms with van der Waals surface area (Å²) in [5, 5.41) is 63.0. The minimum atomic E-state index is -1.66. The molecule has 146 valence electrons. The molecule has 0 spiro atoms. The van der Waals surface area contributed by atoms with Gasteiger partial charge >= 0.3 is 22.7 Å². The lowest BCUT2D eigenvalue weighted by molar-refractivity contribution is -0.452. The van der Waals surface area contributed by atoms with Crippen molar-refractivity contribution < 1.29 is 19.7 Å². The van der Waals surface area contributed by atoms with E-state index in [-0.39, 0.29) is 16.0 Å². The average Bonchev–Trinajstić information content (AvgIpc) is 3.05. The minimum absolute atomic E-state index is 0.0616. The van der Waals surface area contributed by atoms with Gasteiger partial charge < -0.3 is 0 Å². The lowest BCUT2D eigenvalue weighted by Gasteiger charge is -2.00. The van der Waals surface area contributed by atoms with Gasteiger partial charge in [0.15, 0.2) is 0 Å². The summed E-state index contributed by atoms with van der Waals surface area (Å²) >= 11 is 0. The molecular formula is C16H4N6O8. The second-order valence-electron chi connectivity index (χ2n) is 5.72. The van der Waals surface area contributed by atoms with Gasteiger partial charge in [0.2, 0.25) is 0 Å². The molecule has 0 fully saturated rings. The maximum absolute atomic E-state index is 11.7. The first-order valence-corrected chi connectivity index (χ1v) is 7.62. The normalized spacial score (nSPS) is 10.6. The van der Waals surface area contributed by atoms with Crippen molar-refractivity contribution in [3.05, 3.63) is 85.1 Å². The highest BCUT2D eigenvalue weighted by atomic mass is 16.7. The van der Waals surface area contributed by atoms with Crippen molar-refractivity contribution in [3.8, 4) is 12.1 Å². The van der Waals surface area contributed by atoms with Crippen molar-refractivity contribution in [2.75, 3.05) is 0 Å². The zero-order valence-electron chi connectivity index (χ0n) is 14.3. The first kappa shape index (κ1) is 19.5. The molecule has 14 heteroatoms. The van der Waals surface area contributed by atoms with Gasteiger partial charge in [-0.05, 0) is 11.6 Å². The van der Waals surface area contributed by atoms with Crippen molar-refractivity contribution in [1.82, 2.24) is 0 Å². The monoisotopic (exact) mass is 408 g/mol. The van der Waals surface area contributed by atoms with Gasteiger partial charge in [0.1, 0.15) is 17.7 Å². The number of hydrogen-bond donors (Lipinski definition) is 0. The highest BCUT2D eigenvalue weighted by Gasteiger charge is 2.47. The molecule has 0 atom stereocenters. The van der Waals surface area contributed by atoms with E-state index in [0.29, 0.717) is 0 Å². The first-order valence-electron chi connectivity index (χ1n) is 7.62. The molecule has 1 aliphatic rings. The second kappa shape index (κ2) is 6.73. The van der Waals surface area contributed by atoms with Crippen LogP contribution < -0.4 is 10.4 Å². The number of nitro benzene ring substituents is 4. The summed E-state index contributed by atoms with van der Waals surface area (Å²) in [7, 11) is 0. The Morgan fingerprint density at radius 1 is 0.733 bits per heavy atom. The largest absolute Gasteiger partial charge is 0.430 e. The maximum atomic E-state index is 11.7. The summed E-state index contributed by atoms with van der Waals surface area (Å²) < 4.78 is 0. The van der Waals surface area contributed by atoms with E-state index in [9.17, 15) is 51.0 Å². The van der Waals surface area contributed by atoms with E-state index < -0.39 is 58.5 Å². The van der Waals surface area contributed by atoms with E-state index in [1.54, 1.807) is 12.1 Å². The van der Waals surface area contributed by atoms with Crippen LogP contribution in [-0.4, -0.2) is 19.7 Å². The Kier molecular flexibility index (Phi) is 4.38. The third-order valence-electron chi connectivity index (χ3n) is 4.30. The molecule has 2 aromatic carbocycles. The van der Waals surface area contributed by atoms with Gasteiger partial charge in [0, 0.05) is 10.4 Å². The Balaban J connectivity index is 2.98. The summed E-state index contributed by atoms with van der Waals surface area (Å²) in [6.07, 6.45) is 1.02. The van der Waals surface area contributed by atoms with E-state index >= 15 is 0 Å². The van der Waals surface area contributed by atoms with Crippen LogP contribution in [0.1, 0.15) is 5.56 Å². The summed E-state index contributed by atoms with van der Waals surface area (Å²) in [5.74, 6) is 0. The topological polar surface area (TPSA) is 220 Å². The van der Waals surface area contributed by atoms with Crippen LogP contribution in [0.15, 0.2) is 18.2 Å². The van der Waals surface area contributed by atoms with Crippen LogP contribution in [0.2, 0.25) is 0 Å². The van der Waals surface area contributed by atoms with Crippen LogP contribution in [0.25, 0.3) is 11.6 Å². The average molecular weight is 408 g/mol. The Bertz CT molecular complexity index is 1510. The van der Waals surface area contributed by atoms with Crippen LogP contribution >= 0.6 is 0 Å². The van der Waals surface area contributed by atoms with Crippen molar-refractivity contribution in [1.29, 1.82) is 10.5 Å². The Morgan fingerprint density at radius 3 is 1.70 bits per heavy atom. The standard InChI is InChI=1S/C16H4N6O8/c17-5-8(6-18)9-3-1-2-7-4-10-12(11(7)9)14(20(25)26)16(22(29)30)15(21(27)28)13(10)19(23)24/h1-4H. The summed E-state index contributed by atoms with van der Waals surface area (Å²) in [6.45, 7) is 0. The lowest BCUT2D eigenvalue weighted by Crippen LogP contribution is -2.17. The van der Waals surface area contributed by atoms with Gasteiger partial charge in [0.05, 0.1) is 30.1 Å². The van der Waals surface area contributed by atoms with Crippen LogP contribution in [0.4, 0.5) is 22.7 Å². The van der Waals surface area contributed by atoms with Crippen LogP contribution in [-0.2, 0) is 0 Å². The van der Waals surface area contributed by atoms with Crippen molar-refractivity contribution >= 4 is 34.4 Å². The molecule has 14 nitrogen and oxygen atoms in total. The fourth-order valence-corrected chi connectivity index (χ4v) is 3.30. The van der Waals surface area contributed by atoms with Crippen LogP contribution in [0, 0.1) is 73.6 Å². The predicted molar refractivity (Wildman–Crippen MR) is 94.6 cm³/mol.